The van der Waals surface area contributed by atoms with Crippen LogP contribution in [0.15, 0.2) is 61.4 Å². The Labute approximate surface area is 133 Å². The van der Waals surface area contributed by atoms with Gasteiger partial charge in [-0.3, -0.25) is 4.68 Å². The maximum absolute atomic E-state index is 3.83. The van der Waals surface area contributed by atoms with E-state index in [2.05, 4.69) is 60.5 Å². The van der Waals surface area contributed by atoms with Gasteiger partial charge in [0, 0.05) is 37.7 Å². The quantitative estimate of drug-likeness (QED) is 0.626. The van der Waals surface area contributed by atoms with Crippen LogP contribution >= 0.6 is 0 Å². The fraction of sp³-hybridized carbons (Fsp3) is 0.316. The number of rotatable bonds is 2. The number of aryl methyl sites for hydroxylation is 3. The third kappa shape index (κ3) is 5.24. The Balaban J connectivity index is 0.000000224. The normalized spacial score (nSPS) is 9.45. The topological polar surface area (TPSA) is 22.8 Å². The monoisotopic (exact) mass is 297 g/mol. The summed E-state index contributed by atoms with van der Waals surface area (Å²) >= 11 is 0. The Morgan fingerprint density at radius 1 is 1.18 bits per heavy atom. The van der Waals surface area contributed by atoms with E-state index in [9.17, 15) is 0 Å². The van der Waals surface area contributed by atoms with Gasteiger partial charge in [0.05, 0.1) is 0 Å². The number of hydrogen-bond acceptors (Lipinski definition) is 1. The van der Waals surface area contributed by atoms with E-state index in [-0.39, 0.29) is 0 Å². The highest BCUT2D eigenvalue weighted by Gasteiger charge is 2.02. The predicted octanol–water partition coefficient (Wildman–Crippen LogP) is 4.74. The molecular weight excluding hydrogens is 270 g/mol. The van der Waals surface area contributed by atoms with Crippen molar-refractivity contribution < 1.29 is 0 Å². The van der Waals surface area contributed by atoms with Crippen LogP contribution < -0.4 is 0 Å². The lowest BCUT2D eigenvalue weighted by molar-refractivity contribution is 0.768. The minimum absolute atomic E-state index is 1.17. The van der Waals surface area contributed by atoms with Gasteiger partial charge in [0.25, 0.3) is 0 Å². The van der Waals surface area contributed by atoms with Crippen LogP contribution in [0.4, 0.5) is 0 Å². The summed E-state index contributed by atoms with van der Waals surface area (Å²) in [5, 5.41) is 5.19. The van der Waals surface area contributed by atoms with Gasteiger partial charge in [-0.1, -0.05) is 37.6 Å². The number of para-hydroxylation sites is 1. The first-order valence-electron chi connectivity index (χ1n) is 7.68. The van der Waals surface area contributed by atoms with E-state index in [1.807, 2.05) is 26.2 Å². The zero-order chi connectivity index (χ0) is 16.4. The summed E-state index contributed by atoms with van der Waals surface area (Å²) in [5.41, 5.74) is 2.77. The van der Waals surface area contributed by atoms with Crippen molar-refractivity contribution in [2.45, 2.75) is 26.7 Å². The molecule has 118 valence electrons. The van der Waals surface area contributed by atoms with Crippen LogP contribution in [0, 0.1) is 0 Å². The molecule has 0 radical (unpaired) electrons. The van der Waals surface area contributed by atoms with Crippen LogP contribution in [0.2, 0.25) is 0 Å². The van der Waals surface area contributed by atoms with E-state index in [1.54, 1.807) is 17.0 Å². The van der Waals surface area contributed by atoms with Gasteiger partial charge in [-0.05, 0) is 36.9 Å². The first-order valence-corrected chi connectivity index (χ1v) is 7.68. The Morgan fingerprint density at radius 3 is 2.32 bits per heavy atom. The Kier molecular flexibility index (Phi) is 7.76. The summed E-state index contributed by atoms with van der Waals surface area (Å²) in [4.78, 5) is 0. The van der Waals surface area contributed by atoms with E-state index in [4.69, 9.17) is 0 Å². The fourth-order valence-electron chi connectivity index (χ4n) is 2.19. The number of allylic oxidation sites excluding steroid dienone is 1. The summed E-state index contributed by atoms with van der Waals surface area (Å²) < 4.78 is 4.04. The number of fused-ring (bicyclic) bond motifs is 1. The standard InChI is InChI=1S/C12H15N.C4H6N2.C3H6/c1-3-6-11-9-10-7-4-5-8-12(10)13(11)2;1-6-4-2-3-5-6;1-3-2/h4-5,7-9H,3,6H2,1-2H3;2-4H,1H3;3H,1H2,2H3. The molecular formula is C19H27N3. The smallest absolute Gasteiger partial charge is 0.0489 e. The summed E-state index contributed by atoms with van der Waals surface area (Å²) in [6, 6.07) is 12.7. The van der Waals surface area contributed by atoms with E-state index >= 15 is 0 Å². The van der Waals surface area contributed by atoms with Gasteiger partial charge in [0.15, 0.2) is 0 Å². The van der Waals surface area contributed by atoms with Gasteiger partial charge < -0.3 is 4.57 Å². The van der Waals surface area contributed by atoms with Gasteiger partial charge in [0.2, 0.25) is 0 Å². The first-order chi connectivity index (χ1) is 10.6. The second-order valence-electron chi connectivity index (χ2n) is 5.09. The summed E-state index contributed by atoms with van der Waals surface area (Å²) in [7, 11) is 4.04. The van der Waals surface area contributed by atoms with Crippen molar-refractivity contribution in [2.24, 2.45) is 14.1 Å². The van der Waals surface area contributed by atoms with Gasteiger partial charge in [-0.2, -0.15) is 5.10 Å². The Bertz CT molecular complexity index is 663. The Morgan fingerprint density at radius 2 is 1.86 bits per heavy atom. The van der Waals surface area contributed by atoms with Crippen molar-refractivity contribution >= 4 is 10.9 Å². The molecule has 0 aliphatic rings. The van der Waals surface area contributed by atoms with Crippen molar-refractivity contribution in [1.82, 2.24) is 14.3 Å². The average Bonchev–Trinajstić information content (AvgIpc) is 3.10. The molecule has 1 aromatic carbocycles. The average molecular weight is 297 g/mol. The lowest BCUT2D eigenvalue weighted by Gasteiger charge is -2.01. The minimum Gasteiger partial charge on any atom is -0.348 e. The number of aromatic nitrogens is 3. The van der Waals surface area contributed by atoms with Gasteiger partial charge in [-0.15, -0.1) is 6.58 Å². The lowest BCUT2D eigenvalue weighted by Crippen LogP contribution is -1.94. The molecule has 3 rings (SSSR count). The maximum Gasteiger partial charge on any atom is 0.0489 e. The van der Waals surface area contributed by atoms with E-state index < -0.39 is 0 Å². The van der Waals surface area contributed by atoms with Crippen molar-refractivity contribution in [2.75, 3.05) is 0 Å². The number of hydrogen-bond donors (Lipinski definition) is 0. The molecule has 3 heteroatoms. The predicted molar refractivity (Wildman–Crippen MR) is 96.0 cm³/mol. The first kappa shape index (κ1) is 17.8. The highest BCUT2D eigenvalue weighted by molar-refractivity contribution is 5.81. The Hall–Kier alpha value is -2.29. The molecule has 3 aromatic rings. The van der Waals surface area contributed by atoms with E-state index in [1.165, 1.54) is 29.4 Å². The molecule has 0 aliphatic heterocycles. The van der Waals surface area contributed by atoms with Crippen LogP contribution in [0.5, 0.6) is 0 Å². The van der Waals surface area contributed by atoms with Crippen LogP contribution in [-0.4, -0.2) is 14.3 Å². The van der Waals surface area contributed by atoms with Gasteiger partial charge in [-0.25, -0.2) is 0 Å². The number of benzene rings is 1. The van der Waals surface area contributed by atoms with E-state index in [0.717, 1.165) is 0 Å². The maximum atomic E-state index is 3.83. The minimum atomic E-state index is 1.17. The highest BCUT2D eigenvalue weighted by Crippen LogP contribution is 2.18. The van der Waals surface area contributed by atoms with Crippen LogP contribution in [0.3, 0.4) is 0 Å². The van der Waals surface area contributed by atoms with Crippen molar-refractivity contribution in [3.05, 3.63) is 67.1 Å². The van der Waals surface area contributed by atoms with Crippen LogP contribution in [0.1, 0.15) is 26.0 Å². The molecule has 2 aromatic heterocycles. The molecule has 0 spiro atoms. The molecule has 0 bridgehead atoms. The van der Waals surface area contributed by atoms with Crippen molar-refractivity contribution in [3.8, 4) is 0 Å². The molecule has 22 heavy (non-hydrogen) atoms. The largest absolute Gasteiger partial charge is 0.348 e. The summed E-state index contributed by atoms with van der Waals surface area (Å²) in [6.07, 6.45) is 7.77. The fourth-order valence-corrected chi connectivity index (χ4v) is 2.19. The molecule has 0 atom stereocenters. The molecule has 0 fully saturated rings. The highest BCUT2D eigenvalue weighted by atomic mass is 15.2. The van der Waals surface area contributed by atoms with Gasteiger partial charge >= 0.3 is 0 Å². The SMILES string of the molecule is C=CC.CCCc1cc2ccccc2n1C.Cn1cccn1. The second kappa shape index (κ2) is 9.61. The summed E-state index contributed by atoms with van der Waals surface area (Å²) in [5.74, 6) is 0. The zero-order valence-corrected chi connectivity index (χ0v) is 14.2. The third-order valence-electron chi connectivity index (χ3n) is 3.19. The molecule has 0 aliphatic carbocycles. The van der Waals surface area contributed by atoms with Crippen molar-refractivity contribution in [1.29, 1.82) is 0 Å². The van der Waals surface area contributed by atoms with E-state index in [0.29, 0.717) is 0 Å². The molecule has 0 unspecified atom stereocenters. The zero-order valence-electron chi connectivity index (χ0n) is 14.2. The molecule has 0 N–H and O–H groups in total. The van der Waals surface area contributed by atoms with Crippen LogP contribution in [-0.2, 0) is 20.5 Å². The number of nitrogens with zero attached hydrogens (tertiary/aromatic N) is 3. The van der Waals surface area contributed by atoms with Crippen LogP contribution in [0.25, 0.3) is 10.9 Å². The van der Waals surface area contributed by atoms with Gasteiger partial charge in [0.1, 0.15) is 0 Å². The summed E-state index contributed by atoms with van der Waals surface area (Å²) in [6.45, 7) is 7.47. The van der Waals surface area contributed by atoms with Crippen molar-refractivity contribution in [3.63, 3.8) is 0 Å². The lowest BCUT2D eigenvalue weighted by atomic mass is 10.2. The second-order valence-corrected chi connectivity index (χ2v) is 5.09. The molecule has 3 nitrogen and oxygen atoms in total. The molecule has 0 saturated heterocycles. The molecule has 0 amide bonds. The molecule has 2 heterocycles. The molecule has 0 saturated carbocycles. The third-order valence-corrected chi connectivity index (χ3v) is 3.19.